The van der Waals surface area contributed by atoms with Crippen molar-refractivity contribution >= 4 is 11.9 Å². The van der Waals surface area contributed by atoms with E-state index >= 15 is 0 Å². The molecule has 0 spiro atoms. The Morgan fingerprint density at radius 3 is 2.38 bits per heavy atom. The third-order valence-corrected chi connectivity index (χ3v) is 4.02. The van der Waals surface area contributed by atoms with Gasteiger partial charge in [0.25, 0.3) is 0 Å². The number of nitrogens with one attached hydrogen (secondary N) is 1. The second kappa shape index (κ2) is 4.42. The first-order valence-corrected chi connectivity index (χ1v) is 6.82. The topological polar surface area (TPSA) is 12.0 Å². The molecular formula is C14H21NS. The van der Waals surface area contributed by atoms with Crippen LogP contribution >= 0.6 is 11.9 Å². The zero-order valence-electron chi connectivity index (χ0n) is 10.6. The Morgan fingerprint density at radius 1 is 1.19 bits per heavy atom. The molecule has 0 saturated carbocycles. The summed E-state index contributed by atoms with van der Waals surface area (Å²) in [7, 11) is 0. The van der Waals surface area contributed by atoms with E-state index in [2.05, 4.69) is 50.6 Å². The van der Waals surface area contributed by atoms with Gasteiger partial charge in [-0.3, -0.25) is 4.72 Å². The Hall–Kier alpha value is -0.470. The summed E-state index contributed by atoms with van der Waals surface area (Å²) in [6.45, 7) is 8.93. The van der Waals surface area contributed by atoms with Crippen molar-refractivity contribution < 1.29 is 0 Å². The summed E-state index contributed by atoms with van der Waals surface area (Å²) in [6, 6.07) is 7.34. The van der Waals surface area contributed by atoms with E-state index in [0.717, 1.165) is 0 Å². The molecule has 0 aromatic heterocycles. The third kappa shape index (κ3) is 2.80. The second-order valence-electron chi connectivity index (χ2n) is 5.58. The number of hydrogen-bond donors (Lipinski definition) is 1. The molecule has 0 fully saturated rings. The van der Waals surface area contributed by atoms with Crippen LogP contribution in [0.15, 0.2) is 18.2 Å². The highest BCUT2D eigenvalue weighted by atomic mass is 32.2. The molecule has 0 heterocycles. The van der Waals surface area contributed by atoms with Gasteiger partial charge in [0.2, 0.25) is 0 Å². The average molecular weight is 235 g/mol. The van der Waals surface area contributed by atoms with Gasteiger partial charge in [-0.15, -0.1) is 0 Å². The lowest BCUT2D eigenvalue weighted by molar-refractivity contribution is 0.717. The maximum absolute atomic E-state index is 3.53. The molecule has 16 heavy (non-hydrogen) atoms. The maximum atomic E-state index is 3.53. The van der Waals surface area contributed by atoms with Crippen LogP contribution < -0.4 is 4.72 Å². The molecule has 1 aromatic carbocycles. The number of rotatable bonds is 3. The Kier molecular flexibility index (Phi) is 3.32. The molecule has 0 bridgehead atoms. The van der Waals surface area contributed by atoms with E-state index in [4.69, 9.17) is 0 Å². The SMILES string of the molecule is C[C@H](NSC(C)(C)C)c1ccc2c(c1)CC2. The quantitative estimate of drug-likeness (QED) is 0.798. The molecule has 0 amide bonds. The Morgan fingerprint density at radius 2 is 1.88 bits per heavy atom. The lowest BCUT2D eigenvalue weighted by atomic mass is 9.86. The molecular weight excluding hydrogens is 214 g/mol. The van der Waals surface area contributed by atoms with Crippen LogP contribution in [0.4, 0.5) is 0 Å². The van der Waals surface area contributed by atoms with Gasteiger partial charge < -0.3 is 0 Å². The van der Waals surface area contributed by atoms with Gasteiger partial charge in [-0.1, -0.05) is 30.1 Å². The van der Waals surface area contributed by atoms with E-state index < -0.39 is 0 Å². The van der Waals surface area contributed by atoms with Crippen LogP contribution in [0.3, 0.4) is 0 Å². The van der Waals surface area contributed by atoms with Crippen LogP contribution in [0, 0.1) is 0 Å². The molecule has 2 rings (SSSR count). The van der Waals surface area contributed by atoms with Gasteiger partial charge in [0.05, 0.1) is 0 Å². The second-order valence-corrected chi connectivity index (χ2v) is 7.25. The number of benzene rings is 1. The summed E-state index contributed by atoms with van der Waals surface area (Å²) < 4.78 is 3.80. The molecule has 0 unspecified atom stereocenters. The van der Waals surface area contributed by atoms with Gasteiger partial charge in [-0.25, -0.2) is 0 Å². The minimum absolute atomic E-state index is 0.272. The molecule has 1 nitrogen and oxygen atoms in total. The fourth-order valence-electron chi connectivity index (χ4n) is 1.82. The summed E-state index contributed by atoms with van der Waals surface area (Å²) in [5.74, 6) is 0. The summed E-state index contributed by atoms with van der Waals surface area (Å²) in [4.78, 5) is 0. The van der Waals surface area contributed by atoms with E-state index in [1.807, 2.05) is 11.9 Å². The van der Waals surface area contributed by atoms with Crippen LogP contribution in [-0.2, 0) is 12.8 Å². The summed E-state index contributed by atoms with van der Waals surface area (Å²) in [5, 5.41) is 0. The van der Waals surface area contributed by atoms with Crippen LogP contribution in [0.25, 0.3) is 0 Å². The molecule has 0 aliphatic heterocycles. The van der Waals surface area contributed by atoms with Crippen molar-refractivity contribution in [2.45, 2.75) is 51.3 Å². The molecule has 0 saturated heterocycles. The Labute approximate surface area is 103 Å². The first kappa shape index (κ1) is 12.0. The number of hydrogen-bond acceptors (Lipinski definition) is 2. The fourth-order valence-corrected chi connectivity index (χ4v) is 2.48. The van der Waals surface area contributed by atoms with Gasteiger partial charge in [-0.05, 0) is 57.2 Å². The fraction of sp³-hybridized carbons (Fsp3) is 0.571. The largest absolute Gasteiger partial charge is 0.256 e. The Bertz CT molecular complexity index is 379. The highest BCUT2D eigenvalue weighted by molar-refractivity contribution is 7.98. The van der Waals surface area contributed by atoms with Crippen LogP contribution in [0.5, 0.6) is 0 Å². The Balaban J connectivity index is 1.98. The van der Waals surface area contributed by atoms with Crippen molar-refractivity contribution in [1.29, 1.82) is 0 Å². The third-order valence-electron chi connectivity index (χ3n) is 2.94. The molecule has 1 aliphatic rings. The zero-order valence-corrected chi connectivity index (χ0v) is 11.4. The van der Waals surface area contributed by atoms with Gasteiger partial charge in [0, 0.05) is 10.8 Å². The van der Waals surface area contributed by atoms with Gasteiger partial charge >= 0.3 is 0 Å². The zero-order chi connectivity index (χ0) is 11.8. The van der Waals surface area contributed by atoms with E-state index in [-0.39, 0.29) is 4.75 Å². The number of aryl methyl sites for hydroxylation is 2. The monoisotopic (exact) mass is 235 g/mol. The highest BCUT2D eigenvalue weighted by Gasteiger charge is 2.17. The van der Waals surface area contributed by atoms with E-state index in [1.54, 1.807) is 11.1 Å². The predicted molar refractivity (Wildman–Crippen MR) is 72.7 cm³/mol. The smallest absolute Gasteiger partial charge is 0.0393 e. The van der Waals surface area contributed by atoms with E-state index in [1.165, 1.54) is 18.4 Å². The first-order valence-electron chi connectivity index (χ1n) is 6.01. The molecule has 2 heteroatoms. The van der Waals surface area contributed by atoms with E-state index in [0.29, 0.717) is 6.04 Å². The van der Waals surface area contributed by atoms with Crippen molar-refractivity contribution in [3.05, 3.63) is 34.9 Å². The van der Waals surface area contributed by atoms with Gasteiger partial charge in [-0.2, -0.15) is 0 Å². The van der Waals surface area contributed by atoms with Crippen molar-refractivity contribution in [1.82, 2.24) is 4.72 Å². The molecule has 1 atom stereocenters. The standard InChI is InChI=1S/C14H21NS/c1-10(15-16-14(2,3)4)12-7-5-11-6-8-13(11)9-12/h5,7,9-10,15H,6,8H2,1-4H3/t10-/m0/s1. The molecule has 1 aliphatic carbocycles. The molecule has 1 aromatic rings. The van der Waals surface area contributed by atoms with Crippen LogP contribution in [-0.4, -0.2) is 4.75 Å². The van der Waals surface area contributed by atoms with Crippen molar-refractivity contribution in [2.75, 3.05) is 0 Å². The minimum atomic E-state index is 0.272. The lowest BCUT2D eigenvalue weighted by Crippen LogP contribution is -2.20. The first-order chi connectivity index (χ1) is 7.46. The van der Waals surface area contributed by atoms with Crippen molar-refractivity contribution in [2.24, 2.45) is 0 Å². The van der Waals surface area contributed by atoms with Crippen molar-refractivity contribution in [3.63, 3.8) is 0 Å². The maximum Gasteiger partial charge on any atom is 0.0393 e. The predicted octanol–water partition coefficient (Wildman–Crippen LogP) is 3.88. The highest BCUT2D eigenvalue weighted by Crippen LogP contribution is 2.28. The van der Waals surface area contributed by atoms with Gasteiger partial charge in [0.15, 0.2) is 0 Å². The van der Waals surface area contributed by atoms with Gasteiger partial charge in [0.1, 0.15) is 0 Å². The van der Waals surface area contributed by atoms with Crippen LogP contribution in [0.2, 0.25) is 0 Å². The normalized spacial score (nSPS) is 16.5. The van der Waals surface area contributed by atoms with Crippen molar-refractivity contribution in [3.8, 4) is 0 Å². The summed E-state index contributed by atoms with van der Waals surface area (Å²) in [6.07, 6.45) is 2.54. The molecule has 88 valence electrons. The summed E-state index contributed by atoms with van der Waals surface area (Å²) in [5.41, 5.74) is 4.50. The molecule has 0 radical (unpaired) electrons. The van der Waals surface area contributed by atoms with Crippen LogP contribution in [0.1, 0.15) is 50.4 Å². The number of fused-ring (bicyclic) bond motifs is 1. The molecule has 1 N–H and O–H groups in total. The lowest BCUT2D eigenvalue weighted by Gasteiger charge is -2.24. The summed E-state index contributed by atoms with van der Waals surface area (Å²) >= 11 is 1.81. The average Bonchev–Trinajstić information content (AvgIpc) is 2.15. The minimum Gasteiger partial charge on any atom is -0.256 e. The van der Waals surface area contributed by atoms with E-state index in [9.17, 15) is 0 Å².